The van der Waals surface area contributed by atoms with E-state index in [9.17, 15) is 9.90 Å². The highest BCUT2D eigenvalue weighted by Gasteiger charge is 2.51. The summed E-state index contributed by atoms with van der Waals surface area (Å²) in [5.74, 6) is -1.01. The molecule has 1 aliphatic heterocycles. The number of benzene rings is 1. The number of rotatable bonds is 3. The van der Waals surface area contributed by atoms with Gasteiger partial charge in [-0.2, -0.15) is 5.10 Å². The van der Waals surface area contributed by atoms with Crippen molar-refractivity contribution in [1.29, 1.82) is 0 Å². The number of carbonyl (C=O) groups is 1. The van der Waals surface area contributed by atoms with Crippen LogP contribution in [-0.2, 0) is 9.31 Å². The van der Waals surface area contributed by atoms with Crippen LogP contribution < -0.4 is 5.46 Å². The highest BCUT2D eigenvalue weighted by Crippen LogP contribution is 2.36. The fraction of sp³-hybridized carbons (Fsp3) is 0.412. The van der Waals surface area contributed by atoms with E-state index in [2.05, 4.69) is 5.10 Å². The highest BCUT2D eigenvalue weighted by atomic mass is 16.7. The zero-order valence-corrected chi connectivity index (χ0v) is 14.5. The Kier molecular flexibility index (Phi) is 3.81. The quantitative estimate of drug-likeness (QED) is 0.874. The highest BCUT2D eigenvalue weighted by molar-refractivity contribution is 6.62. The van der Waals surface area contributed by atoms with E-state index in [4.69, 9.17) is 9.31 Å². The van der Waals surface area contributed by atoms with Crippen molar-refractivity contribution in [1.82, 2.24) is 9.78 Å². The van der Waals surface area contributed by atoms with Crippen LogP contribution in [0.15, 0.2) is 30.3 Å². The van der Waals surface area contributed by atoms with Gasteiger partial charge in [-0.05, 0) is 58.3 Å². The molecule has 0 bridgehead atoms. The fourth-order valence-corrected chi connectivity index (χ4v) is 2.60. The van der Waals surface area contributed by atoms with Crippen molar-refractivity contribution in [2.45, 2.75) is 45.8 Å². The predicted molar refractivity (Wildman–Crippen MR) is 91.0 cm³/mol. The lowest BCUT2D eigenvalue weighted by Crippen LogP contribution is -2.41. The molecule has 6 nitrogen and oxygen atoms in total. The molecule has 2 heterocycles. The summed E-state index contributed by atoms with van der Waals surface area (Å²) in [6.45, 7) is 9.79. The topological polar surface area (TPSA) is 73.6 Å². The zero-order chi connectivity index (χ0) is 17.7. The SMILES string of the molecule is Cc1cc(C(=O)O)n(-c2ccc(B3OC(C)(C)C(C)(C)O3)cc2)n1. The minimum Gasteiger partial charge on any atom is -0.477 e. The normalized spacial score (nSPS) is 18.8. The molecule has 0 saturated carbocycles. The summed E-state index contributed by atoms with van der Waals surface area (Å²) in [5.41, 5.74) is 1.56. The molecule has 0 spiro atoms. The van der Waals surface area contributed by atoms with Crippen LogP contribution in [0.5, 0.6) is 0 Å². The van der Waals surface area contributed by atoms with Gasteiger partial charge in [0.25, 0.3) is 0 Å². The first-order chi connectivity index (χ1) is 11.1. The lowest BCUT2D eigenvalue weighted by Gasteiger charge is -2.32. The molecule has 24 heavy (non-hydrogen) atoms. The van der Waals surface area contributed by atoms with Crippen LogP contribution >= 0.6 is 0 Å². The first kappa shape index (κ1) is 16.7. The molecule has 0 radical (unpaired) electrons. The molecule has 1 fully saturated rings. The maximum absolute atomic E-state index is 11.3. The molecule has 0 atom stereocenters. The van der Waals surface area contributed by atoms with Gasteiger partial charge in [0, 0.05) is 0 Å². The van der Waals surface area contributed by atoms with Crippen LogP contribution in [0.25, 0.3) is 5.69 Å². The Hall–Kier alpha value is -2.12. The molecule has 126 valence electrons. The van der Waals surface area contributed by atoms with E-state index in [1.807, 2.05) is 52.0 Å². The molecule has 1 aromatic heterocycles. The van der Waals surface area contributed by atoms with E-state index in [-0.39, 0.29) is 5.69 Å². The Balaban J connectivity index is 1.89. The molecule has 7 heteroatoms. The van der Waals surface area contributed by atoms with Gasteiger partial charge in [0.2, 0.25) is 0 Å². The molecule has 2 aromatic rings. The van der Waals surface area contributed by atoms with E-state index < -0.39 is 24.3 Å². The molecule has 1 aliphatic rings. The van der Waals surface area contributed by atoms with Gasteiger partial charge in [0.15, 0.2) is 5.69 Å². The second-order valence-electron chi connectivity index (χ2n) is 7.07. The van der Waals surface area contributed by atoms with E-state index in [1.54, 1.807) is 13.0 Å². The number of carboxylic acids is 1. The van der Waals surface area contributed by atoms with Crippen LogP contribution in [0.1, 0.15) is 43.9 Å². The third-order valence-corrected chi connectivity index (χ3v) is 4.71. The van der Waals surface area contributed by atoms with Crippen LogP contribution in [0.4, 0.5) is 0 Å². The Morgan fingerprint density at radius 3 is 2.17 bits per heavy atom. The fourth-order valence-electron chi connectivity index (χ4n) is 2.60. The Bertz CT molecular complexity index is 764. The molecular weight excluding hydrogens is 307 g/mol. The van der Waals surface area contributed by atoms with Crippen molar-refractivity contribution >= 4 is 18.6 Å². The Morgan fingerprint density at radius 1 is 1.12 bits per heavy atom. The van der Waals surface area contributed by atoms with Crippen LogP contribution in [0.2, 0.25) is 0 Å². The van der Waals surface area contributed by atoms with Crippen LogP contribution in [0.3, 0.4) is 0 Å². The number of aromatic carboxylic acids is 1. The maximum atomic E-state index is 11.3. The molecule has 1 aromatic carbocycles. The third-order valence-electron chi connectivity index (χ3n) is 4.71. The van der Waals surface area contributed by atoms with Crippen molar-refractivity contribution < 1.29 is 19.2 Å². The second-order valence-corrected chi connectivity index (χ2v) is 7.07. The van der Waals surface area contributed by atoms with Crippen molar-refractivity contribution in [3.63, 3.8) is 0 Å². The standard InChI is InChI=1S/C17H21BN2O4/c1-11-10-14(15(21)22)20(19-11)13-8-6-12(7-9-13)18-23-16(2,3)17(4,5)24-18/h6-10H,1-5H3,(H,21,22). The number of nitrogens with zero attached hydrogens (tertiary/aromatic N) is 2. The molecular formula is C17H21BN2O4. The summed E-state index contributed by atoms with van der Waals surface area (Å²) in [5, 5.41) is 13.5. The number of hydrogen-bond donors (Lipinski definition) is 1. The smallest absolute Gasteiger partial charge is 0.477 e. The number of aromatic nitrogens is 2. The number of aryl methyl sites for hydroxylation is 1. The van der Waals surface area contributed by atoms with E-state index in [1.165, 1.54) is 4.68 Å². The number of hydrogen-bond acceptors (Lipinski definition) is 4. The predicted octanol–water partition coefficient (Wildman–Crippen LogP) is 2.18. The van der Waals surface area contributed by atoms with E-state index in [0.29, 0.717) is 11.4 Å². The molecule has 1 N–H and O–H groups in total. The maximum Gasteiger partial charge on any atom is 0.494 e. The summed E-state index contributed by atoms with van der Waals surface area (Å²) in [7, 11) is -0.442. The van der Waals surface area contributed by atoms with Gasteiger partial charge in [-0.1, -0.05) is 12.1 Å². The summed E-state index contributed by atoms with van der Waals surface area (Å²) in [6.07, 6.45) is 0. The van der Waals surface area contributed by atoms with Gasteiger partial charge >= 0.3 is 13.1 Å². The van der Waals surface area contributed by atoms with E-state index in [0.717, 1.165) is 5.46 Å². The second kappa shape index (κ2) is 5.46. The largest absolute Gasteiger partial charge is 0.494 e. The summed E-state index contributed by atoms with van der Waals surface area (Å²) < 4.78 is 13.5. The molecule has 0 amide bonds. The minimum atomic E-state index is -1.01. The lowest BCUT2D eigenvalue weighted by atomic mass is 9.79. The van der Waals surface area contributed by atoms with Crippen molar-refractivity contribution in [2.75, 3.05) is 0 Å². The Morgan fingerprint density at radius 2 is 1.67 bits per heavy atom. The molecule has 1 saturated heterocycles. The van der Waals surface area contributed by atoms with Gasteiger partial charge < -0.3 is 14.4 Å². The summed E-state index contributed by atoms with van der Waals surface area (Å²) in [6, 6.07) is 8.93. The Labute approximate surface area is 141 Å². The zero-order valence-electron chi connectivity index (χ0n) is 14.5. The monoisotopic (exact) mass is 328 g/mol. The lowest BCUT2D eigenvalue weighted by molar-refractivity contribution is 0.00578. The summed E-state index contributed by atoms with van der Waals surface area (Å²) >= 11 is 0. The van der Waals surface area contributed by atoms with Gasteiger partial charge in [-0.3, -0.25) is 0 Å². The van der Waals surface area contributed by atoms with Crippen molar-refractivity contribution in [3.05, 3.63) is 41.7 Å². The van der Waals surface area contributed by atoms with Crippen molar-refractivity contribution in [3.8, 4) is 5.69 Å². The minimum absolute atomic E-state index is 0.135. The molecule has 0 unspecified atom stereocenters. The third kappa shape index (κ3) is 2.74. The average Bonchev–Trinajstić information content (AvgIpc) is 2.97. The van der Waals surface area contributed by atoms with E-state index >= 15 is 0 Å². The van der Waals surface area contributed by atoms with Gasteiger partial charge in [-0.15, -0.1) is 0 Å². The van der Waals surface area contributed by atoms with Gasteiger partial charge in [0.05, 0.1) is 22.6 Å². The first-order valence-corrected chi connectivity index (χ1v) is 7.87. The van der Waals surface area contributed by atoms with Crippen molar-refractivity contribution in [2.24, 2.45) is 0 Å². The number of carboxylic acid groups (broad SMARTS) is 1. The average molecular weight is 328 g/mol. The van der Waals surface area contributed by atoms with Gasteiger partial charge in [0.1, 0.15) is 0 Å². The van der Waals surface area contributed by atoms with Crippen LogP contribution in [-0.4, -0.2) is 39.2 Å². The molecule has 3 rings (SSSR count). The summed E-state index contributed by atoms with van der Waals surface area (Å²) in [4.78, 5) is 11.3. The van der Waals surface area contributed by atoms with Crippen LogP contribution in [0, 0.1) is 6.92 Å². The van der Waals surface area contributed by atoms with Gasteiger partial charge in [-0.25, -0.2) is 9.48 Å². The first-order valence-electron chi connectivity index (χ1n) is 7.87. The molecule has 0 aliphatic carbocycles.